The third-order valence-electron chi connectivity index (χ3n) is 6.23. The minimum absolute atomic E-state index is 0.00424. The van der Waals surface area contributed by atoms with Crippen LogP contribution in [0.4, 0.5) is 0 Å². The maximum absolute atomic E-state index is 11.4. The molecule has 4 fully saturated rings. The van der Waals surface area contributed by atoms with Crippen molar-refractivity contribution in [3.63, 3.8) is 0 Å². The molecule has 0 atom stereocenters. The number of nitrogens with zero attached hydrogens (tertiary/aromatic N) is 2. The molecule has 4 saturated heterocycles. The number of amides is 2. The molecule has 4 aliphatic heterocycles. The zero-order valence-corrected chi connectivity index (χ0v) is 15.5. The zero-order chi connectivity index (χ0) is 17.5. The average molecular weight is 336 g/mol. The molecule has 136 valence electrons. The minimum Gasteiger partial charge on any atom is -0.355 e. The van der Waals surface area contributed by atoms with Crippen molar-refractivity contribution in [1.29, 1.82) is 0 Å². The van der Waals surface area contributed by atoms with E-state index in [0.717, 1.165) is 52.1 Å². The van der Waals surface area contributed by atoms with Crippen LogP contribution in [0.3, 0.4) is 0 Å². The molecule has 4 aliphatic rings. The van der Waals surface area contributed by atoms with Crippen molar-refractivity contribution in [2.24, 2.45) is 10.8 Å². The van der Waals surface area contributed by atoms with Gasteiger partial charge in [0.1, 0.15) is 0 Å². The number of likely N-dealkylation sites (tertiary alicyclic amines) is 2. The van der Waals surface area contributed by atoms with Gasteiger partial charge in [0.15, 0.2) is 0 Å². The average Bonchev–Trinajstić information content (AvgIpc) is 2.98. The predicted molar refractivity (Wildman–Crippen MR) is 93.5 cm³/mol. The number of nitrogens with one attached hydrogen (secondary N) is 2. The molecule has 0 aromatic rings. The largest absolute Gasteiger partial charge is 0.355 e. The van der Waals surface area contributed by atoms with Crippen LogP contribution in [0.2, 0.25) is 0 Å². The molecule has 0 aromatic heterocycles. The van der Waals surface area contributed by atoms with Crippen molar-refractivity contribution in [2.75, 3.05) is 39.3 Å². The first-order valence-corrected chi connectivity index (χ1v) is 9.33. The molecular weight excluding hydrogens is 304 g/mol. The monoisotopic (exact) mass is 336 g/mol. The Balaban J connectivity index is 0.000000141. The van der Waals surface area contributed by atoms with Crippen LogP contribution in [0.5, 0.6) is 0 Å². The van der Waals surface area contributed by atoms with Crippen LogP contribution in [-0.4, -0.2) is 73.0 Å². The Hall–Kier alpha value is -1.14. The van der Waals surface area contributed by atoms with Crippen molar-refractivity contribution in [3.05, 3.63) is 0 Å². The van der Waals surface area contributed by atoms with Gasteiger partial charge in [-0.05, 0) is 40.5 Å². The first-order valence-electron chi connectivity index (χ1n) is 9.33. The molecule has 0 unspecified atom stereocenters. The van der Waals surface area contributed by atoms with Crippen molar-refractivity contribution < 1.29 is 9.59 Å². The Morgan fingerprint density at radius 2 is 1.08 bits per heavy atom. The van der Waals surface area contributed by atoms with Crippen LogP contribution >= 0.6 is 0 Å². The van der Waals surface area contributed by atoms with Crippen molar-refractivity contribution in [1.82, 2.24) is 20.4 Å². The summed E-state index contributed by atoms with van der Waals surface area (Å²) in [6.45, 7) is 14.4. The van der Waals surface area contributed by atoms with E-state index in [-0.39, 0.29) is 22.6 Å². The summed E-state index contributed by atoms with van der Waals surface area (Å²) in [7, 11) is 0. The molecule has 2 amide bonds. The van der Waals surface area contributed by atoms with E-state index in [0.29, 0.717) is 12.1 Å². The fourth-order valence-electron chi connectivity index (χ4n) is 4.23. The Bertz CT molecular complexity index is 459. The smallest absolute Gasteiger partial charge is 0.228 e. The predicted octanol–water partition coefficient (Wildman–Crippen LogP) is 0.433. The van der Waals surface area contributed by atoms with E-state index in [1.807, 2.05) is 0 Å². The van der Waals surface area contributed by atoms with Crippen LogP contribution < -0.4 is 10.6 Å². The molecule has 4 rings (SSSR count). The second kappa shape index (κ2) is 6.30. The minimum atomic E-state index is 0.00424. The van der Waals surface area contributed by atoms with Crippen LogP contribution in [0.1, 0.15) is 40.5 Å². The number of rotatable bonds is 2. The summed E-state index contributed by atoms with van der Waals surface area (Å²) >= 11 is 0. The van der Waals surface area contributed by atoms with Gasteiger partial charge in [-0.15, -0.1) is 0 Å². The van der Waals surface area contributed by atoms with Gasteiger partial charge in [0.25, 0.3) is 0 Å². The Morgan fingerprint density at radius 3 is 1.29 bits per heavy atom. The van der Waals surface area contributed by atoms with Gasteiger partial charge in [0.2, 0.25) is 11.8 Å². The standard InChI is InChI=1S/2C9H16N2O/c2*1-7(2)11-5-9(6-11)3-4-10-8(9)12/h2*7H,3-6H2,1-2H3,(H,10,12). The molecule has 0 saturated carbocycles. The van der Waals surface area contributed by atoms with E-state index in [9.17, 15) is 9.59 Å². The molecule has 0 radical (unpaired) electrons. The molecule has 6 nitrogen and oxygen atoms in total. The van der Waals surface area contributed by atoms with Gasteiger partial charge in [-0.1, -0.05) is 0 Å². The molecule has 0 aromatic carbocycles. The SMILES string of the molecule is CC(C)N1CC2(CCNC2=O)C1.CC(C)N1CC2(CCNC2=O)C1. The summed E-state index contributed by atoms with van der Waals surface area (Å²) < 4.78 is 0. The normalized spacial score (nSPS) is 27.8. The Morgan fingerprint density at radius 1 is 0.750 bits per heavy atom. The van der Waals surface area contributed by atoms with Crippen LogP contribution in [-0.2, 0) is 9.59 Å². The van der Waals surface area contributed by atoms with Gasteiger partial charge in [-0.25, -0.2) is 0 Å². The molecule has 4 heterocycles. The van der Waals surface area contributed by atoms with E-state index < -0.39 is 0 Å². The summed E-state index contributed by atoms with van der Waals surface area (Å²) in [5.41, 5.74) is 0.00847. The zero-order valence-electron chi connectivity index (χ0n) is 15.5. The lowest BCUT2D eigenvalue weighted by Gasteiger charge is -2.48. The van der Waals surface area contributed by atoms with Crippen molar-refractivity contribution in [2.45, 2.75) is 52.6 Å². The molecule has 0 aliphatic carbocycles. The highest BCUT2D eigenvalue weighted by Gasteiger charge is 2.52. The summed E-state index contributed by atoms with van der Waals surface area (Å²) in [6.07, 6.45) is 2.07. The summed E-state index contributed by atoms with van der Waals surface area (Å²) in [6, 6.07) is 1.17. The van der Waals surface area contributed by atoms with Gasteiger partial charge in [-0.3, -0.25) is 19.4 Å². The highest BCUT2D eigenvalue weighted by Crippen LogP contribution is 2.38. The van der Waals surface area contributed by atoms with Crippen LogP contribution in [0.15, 0.2) is 0 Å². The maximum atomic E-state index is 11.4. The molecule has 2 spiro atoms. The molecule has 6 heteroatoms. The third kappa shape index (κ3) is 2.94. The molecule has 24 heavy (non-hydrogen) atoms. The lowest BCUT2D eigenvalue weighted by atomic mass is 9.77. The van der Waals surface area contributed by atoms with E-state index >= 15 is 0 Å². The van der Waals surface area contributed by atoms with E-state index in [1.54, 1.807) is 0 Å². The first-order chi connectivity index (χ1) is 11.3. The van der Waals surface area contributed by atoms with E-state index in [1.165, 1.54) is 0 Å². The quantitative estimate of drug-likeness (QED) is 0.768. The number of carbonyl (C=O) groups excluding carboxylic acids is 2. The second-order valence-corrected chi connectivity index (χ2v) is 8.57. The van der Waals surface area contributed by atoms with Gasteiger partial charge in [0.05, 0.1) is 10.8 Å². The van der Waals surface area contributed by atoms with Crippen LogP contribution in [0, 0.1) is 10.8 Å². The van der Waals surface area contributed by atoms with Gasteiger partial charge in [-0.2, -0.15) is 0 Å². The number of carbonyl (C=O) groups is 2. The van der Waals surface area contributed by atoms with E-state index in [2.05, 4.69) is 48.1 Å². The Labute approximate surface area is 145 Å². The Kier molecular flexibility index (Phi) is 4.64. The number of hydrogen-bond acceptors (Lipinski definition) is 4. The number of hydrogen-bond donors (Lipinski definition) is 2. The van der Waals surface area contributed by atoms with Gasteiger partial charge < -0.3 is 10.6 Å². The van der Waals surface area contributed by atoms with Crippen molar-refractivity contribution in [3.8, 4) is 0 Å². The molecule has 0 bridgehead atoms. The summed E-state index contributed by atoms with van der Waals surface area (Å²) in [5, 5.41) is 5.81. The topological polar surface area (TPSA) is 64.7 Å². The molecule has 2 N–H and O–H groups in total. The van der Waals surface area contributed by atoms with E-state index in [4.69, 9.17) is 0 Å². The van der Waals surface area contributed by atoms with Gasteiger partial charge >= 0.3 is 0 Å². The summed E-state index contributed by atoms with van der Waals surface area (Å²) in [4.78, 5) is 27.5. The highest BCUT2D eigenvalue weighted by atomic mass is 16.2. The maximum Gasteiger partial charge on any atom is 0.228 e. The molecular formula is C18H32N4O2. The fourth-order valence-corrected chi connectivity index (χ4v) is 4.23. The highest BCUT2D eigenvalue weighted by molar-refractivity contribution is 5.86. The third-order valence-corrected chi connectivity index (χ3v) is 6.23. The lowest BCUT2D eigenvalue weighted by molar-refractivity contribution is -0.139. The second-order valence-electron chi connectivity index (χ2n) is 8.57. The lowest BCUT2D eigenvalue weighted by Crippen LogP contribution is -2.61. The fraction of sp³-hybridized carbons (Fsp3) is 0.889. The van der Waals surface area contributed by atoms with Crippen LogP contribution in [0.25, 0.3) is 0 Å². The summed E-state index contributed by atoms with van der Waals surface area (Å²) in [5.74, 6) is 0.554. The van der Waals surface area contributed by atoms with Gasteiger partial charge in [0, 0.05) is 51.4 Å². The first kappa shape index (κ1) is 17.7. The van der Waals surface area contributed by atoms with Crippen molar-refractivity contribution >= 4 is 11.8 Å².